The number of hydrogen-bond donors (Lipinski definition) is 2. The lowest BCUT2D eigenvalue weighted by Gasteiger charge is -2.29. The summed E-state index contributed by atoms with van der Waals surface area (Å²) < 4.78 is 0. The van der Waals surface area contributed by atoms with Crippen LogP contribution in [0, 0.1) is 0 Å². The Balaban J connectivity index is 2.71. The van der Waals surface area contributed by atoms with E-state index in [1.54, 1.807) is 4.90 Å². The van der Waals surface area contributed by atoms with Crippen molar-refractivity contribution >= 4 is 11.9 Å². The van der Waals surface area contributed by atoms with E-state index in [9.17, 15) is 9.59 Å². The fourth-order valence-corrected chi connectivity index (χ4v) is 1.92. The molecule has 0 spiro atoms. The van der Waals surface area contributed by atoms with Gasteiger partial charge in [-0.05, 0) is 26.3 Å². The van der Waals surface area contributed by atoms with Gasteiger partial charge in [-0.3, -0.25) is 9.59 Å². The van der Waals surface area contributed by atoms with Crippen molar-refractivity contribution in [1.82, 2.24) is 10.2 Å². The second kappa shape index (κ2) is 5.84. The Kier molecular flexibility index (Phi) is 4.73. The fourth-order valence-electron chi connectivity index (χ4n) is 1.92. The monoisotopic (exact) mass is 228 g/mol. The molecule has 5 nitrogen and oxygen atoms in total. The maximum absolute atomic E-state index is 12.1. The third kappa shape index (κ3) is 3.20. The zero-order chi connectivity index (χ0) is 12.1. The van der Waals surface area contributed by atoms with Crippen LogP contribution in [0.1, 0.15) is 33.1 Å². The summed E-state index contributed by atoms with van der Waals surface area (Å²) >= 11 is 0. The highest BCUT2D eigenvalue weighted by molar-refractivity contribution is 5.86. The largest absolute Gasteiger partial charge is 0.481 e. The maximum atomic E-state index is 12.1. The van der Waals surface area contributed by atoms with Gasteiger partial charge in [0, 0.05) is 12.6 Å². The van der Waals surface area contributed by atoms with Crippen molar-refractivity contribution in [3.05, 3.63) is 0 Å². The van der Waals surface area contributed by atoms with Crippen LogP contribution >= 0.6 is 0 Å². The number of nitrogens with one attached hydrogen (secondary N) is 1. The first-order chi connectivity index (χ1) is 7.56. The summed E-state index contributed by atoms with van der Waals surface area (Å²) in [6, 6.07) is -0.377. The zero-order valence-electron chi connectivity index (χ0n) is 9.90. The van der Waals surface area contributed by atoms with Gasteiger partial charge in [0.05, 0.1) is 12.5 Å². The normalized spacial score (nSPS) is 24.0. The van der Waals surface area contributed by atoms with Crippen molar-refractivity contribution in [3.8, 4) is 0 Å². The van der Waals surface area contributed by atoms with Crippen LogP contribution in [0.3, 0.4) is 0 Å². The SMILES string of the molecule is CCC(C)N1CCCNC(CC(=O)O)C1=O. The summed E-state index contributed by atoms with van der Waals surface area (Å²) in [5, 5.41) is 11.7. The van der Waals surface area contributed by atoms with Crippen molar-refractivity contribution in [1.29, 1.82) is 0 Å². The molecule has 0 aromatic carbocycles. The Labute approximate surface area is 95.8 Å². The summed E-state index contributed by atoms with van der Waals surface area (Å²) in [6.45, 7) is 5.46. The molecule has 0 aromatic rings. The number of hydrogen-bond acceptors (Lipinski definition) is 3. The standard InChI is InChI=1S/C11H20N2O3/c1-3-8(2)13-6-4-5-12-9(11(13)16)7-10(14)15/h8-9,12H,3-7H2,1-2H3,(H,14,15). The van der Waals surface area contributed by atoms with E-state index >= 15 is 0 Å². The van der Waals surface area contributed by atoms with E-state index in [0.29, 0.717) is 6.54 Å². The van der Waals surface area contributed by atoms with E-state index in [-0.39, 0.29) is 18.4 Å². The van der Waals surface area contributed by atoms with Crippen molar-refractivity contribution in [2.45, 2.75) is 45.2 Å². The van der Waals surface area contributed by atoms with Crippen LogP contribution in [0.5, 0.6) is 0 Å². The van der Waals surface area contributed by atoms with Gasteiger partial charge in [-0.15, -0.1) is 0 Å². The Morgan fingerprint density at radius 1 is 1.69 bits per heavy atom. The number of carboxylic acid groups (broad SMARTS) is 1. The molecule has 0 radical (unpaired) electrons. The first-order valence-electron chi connectivity index (χ1n) is 5.82. The third-order valence-electron chi connectivity index (χ3n) is 3.05. The van der Waals surface area contributed by atoms with Crippen molar-refractivity contribution in [3.63, 3.8) is 0 Å². The number of nitrogens with zero attached hydrogens (tertiary/aromatic N) is 1. The van der Waals surface area contributed by atoms with Crippen LogP contribution in [-0.4, -0.2) is 47.1 Å². The van der Waals surface area contributed by atoms with Crippen LogP contribution in [0.15, 0.2) is 0 Å². The van der Waals surface area contributed by atoms with E-state index in [1.807, 2.05) is 13.8 Å². The smallest absolute Gasteiger partial charge is 0.305 e. The first kappa shape index (κ1) is 13.0. The van der Waals surface area contributed by atoms with Crippen LogP contribution < -0.4 is 5.32 Å². The quantitative estimate of drug-likeness (QED) is 0.733. The van der Waals surface area contributed by atoms with Gasteiger partial charge in [0.2, 0.25) is 5.91 Å². The molecule has 1 fully saturated rings. The maximum Gasteiger partial charge on any atom is 0.305 e. The summed E-state index contributed by atoms with van der Waals surface area (Å²) in [5.74, 6) is -1.01. The Morgan fingerprint density at radius 2 is 2.38 bits per heavy atom. The second-order valence-corrected chi connectivity index (χ2v) is 4.25. The topological polar surface area (TPSA) is 69.6 Å². The molecule has 1 saturated heterocycles. The summed E-state index contributed by atoms with van der Waals surface area (Å²) in [5.41, 5.74) is 0. The van der Waals surface area contributed by atoms with Gasteiger partial charge in [-0.25, -0.2) is 0 Å². The molecule has 0 saturated carbocycles. The zero-order valence-corrected chi connectivity index (χ0v) is 9.90. The fraction of sp³-hybridized carbons (Fsp3) is 0.818. The highest BCUT2D eigenvalue weighted by atomic mass is 16.4. The highest BCUT2D eigenvalue weighted by Gasteiger charge is 2.30. The molecule has 1 rings (SSSR count). The lowest BCUT2D eigenvalue weighted by Crippen LogP contribution is -2.47. The predicted molar refractivity (Wildman–Crippen MR) is 60.1 cm³/mol. The minimum atomic E-state index is -0.933. The number of amides is 1. The average molecular weight is 228 g/mol. The van der Waals surface area contributed by atoms with Gasteiger partial charge < -0.3 is 15.3 Å². The third-order valence-corrected chi connectivity index (χ3v) is 3.05. The lowest BCUT2D eigenvalue weighted by atomic mass is 10.1. The number of carbonyl (C=O) groups is 2. The van der Waals surface area contributed by atoms with Gasteiger partial charge in [-0.2, -0.15) is 0 Å². The molecule has 1 aliphatic heterocycles. The van der Waals surface area contributed by atoms with E-state index in [2.05, 4.69) is 5.32 Å². The molecule has 16 heavy (non-hydrogen) atoms. The lowest BCUT2D eigenvalue weighted by molar-refractivity contribution is -0.143. The summed E-state index contributed by atoms with van der Waals surface area (Å²) in [7, 11) is 0. The number of carbonyl (C=O) groups excluding carboxylic acids is 1. The summed E-state index contributed by atoms with van der Waals surface area (Å²) in [4.78, 5) is 24.5. The molecule has 1 amide bonds. The van der Waals surface area contributed by atoms with Gasteiger partial charge >= 0.3 is 5.97 Å². The molecule has 1 aliphatic rings. The van der Waals surface area contributed by atoms with E-state index in [1.165, 1.54) is 0 Å². The van der Waals surface area contributed by atoms with Crippen LogP contribution in [-0.2, 0) is 9.59 Å². The highest BCUT2D eigenvalue weighted by Crippen LogP contribution is 2.11. The molecule has 2 unspecified atom stereocenters. The predicted octanol–water partition coefficient (Wildman–Crippen LogP) is 0.450. The van der Waals surface area contributed by atoms with Gasteiger partial charge in [-0.1, -0.05) is 6.92 Å². The van der Waals surface area contributed by atoms with Gasteiger partial charge in [0.25, 0.3) is 0 Å². The molecule has 5 heteroatoms. The molecule has 1 heterocycles. The molecule has 0 aliphatic carbocycles. The molecule has 0 aromatic heterocycles. The van der Waals surface area contributed by atoms with Gasteiger partial charge in [0.1, 0.15) is 0 Å². The van der Waals surface area contributed by atoms with E-state index in [4.69, 9.17) is 5.11 Å². The molecular weight excluding hydrogens is 208 g/mol. The first-order valence-corrected chi connectivity index (χ1v) is 5.82. The van der Waals surface area contributed by atoms with Crippen LogP contribution in [0.2, 0.25) is 0 Å². The minimum absolute atomic E-state index is 0.0748. The average Bonchev–Trinajstić information content (AvgIpc) is 2.41. The molecule has 2 N–H and O–H groups in total. The number of rotatable bonds is 4. The van der Waals surface area contributed by atoms with E-state index < -0.39 is 12.0 Å². The van der Waals surface area contributed by atoms with Crippen molar-refractivity contribution in [2.75, 3.05) is 13.1 Å². The molecule has 92 valence electrons. The molecule has 0 bridgehead atoms. The van der Waals surface area contributed by atoms with E-state index in [0.717, 1.165) is 19.4 Å². The Hall–Kier alpha value is -1.10. The number of carboxylic acids is 1. The number of aliphatic carboxylic acids is 1. The van der Waals surface area contributed by atoms with Crippen LogP contribution in [0.4, 0.5) is 0 Å². The van der Waals surface area contributed by atoms with Crippen molar-refractivity contribution < 1.29 is 14.7 Å². The Morgan fingerprint density at radius 3 is 2.94 bits per heavy atom. The Bertz CT molecular complexity index is 268. The minimum Gasteiger partial charge on any atom is -0.481 e. The molecular formula is C11H20N2O3. The van der Waals surface area contributed by atoms with Crippen molar-refractivity contribution in [2.24, 2.45) is 0 Å². The molecule has 2 atom stereocenters. The van der Waals surface area contributed by atoms with Gasteiger partial charge in [0.15, 0.2) is 0 Å². The van der Waals surface area contributed by atoms with Crippen LogP contribution in [0.25, 0.3) is 0 Å². The summed E-state index contributed by atoms with van der Waals surface area (Å²) in [6.07, 6.45) is 1.64. The second-order valence-electron chi connectivity index (χ2n) is 4.25.